The van der Waals surface area contributed by atoms with Crippen molar-refractivity contribution in [2.45, 2.75) is 33.2 Å². The summed E-state index contributed by atoms with van der Waals surface area (Å²) in [7, 11) is 0. The summed E-state index contributed by atoms with van der Waals surface area (Å²) in [4.78, 5) is 21.3. The number of nitrogens with zero attached hydrogens (tertiary/aromatic N) is 3. The molecule has 4 aromatic rings. The van der Waals surface area contributed by atoms with Gasteiger partial charge < -0.3 is 9.67 Å². The zero-order valence-corrected chi connectivity index (χ0v) is 16.6. The topological polar surface area (TPSA) is 68.0 Å². The number of aromatic carboxylic acids is 1. The maximum Gasteiger partial charge on any atom is 0.336 e. The van der Waals surface area contributed by atoms with Gasteiger partial charge >= 0.3 is 5.97 Å². The van der Waals surface area contributed by atoms with Crippen molar-refractivity contribution < 1.29 is 9.90 Å². The highest BCUT2D eigenvalue weighted by Gasteiger charge is 2.16. The third-order valence-corrected chi connectivity index (χ3v) is 5.13. The number of aryl methyl sites for hydroxylation is 2. The van der Waals surface area contributed by atoms with Crippen LogP contribution in [0.15, 0.2) is 60.8 Å². The molecule has 5 heteroatoms. The van der Waals surface area contributed by atoms with Crippen molar-refractivity contribution >= 4 is 17.1 Å². The Labute approximate surface area is 169 Å². The molecule has 0 saturated carbocycles. The fourth-order valence-corrected chi connectivity index (χ4v) is 3.68. The van der Waals surface area contributed by atoms with Crippen LogP contribution < -0.4 is 0 Å². The van der Waals surface area contributed by atoms with Gasteiger partial charge in [-0.1, -0.05) is 49.4 Å². The van der Waals surface area contributed by atoms with Gasteiger partial charge in [0.2, 0.25) is 0 Å². The number of imidazole rings is 1. The highest BCUT2D eigenvalue weighted by molar-refractivity contribution is 5.96. The largest absolute Gasteiger partial charge is 0.478 e. The SMILES string of the molecule is CCCc1nc2c(C)ccnc2n1Cc1ccc(-c2ccccc2)c(C(=O)O)c1. The van der Waals surface area contributed by atoms with E-state index in [2.05, 4.69) is 16.5 Å². The van der Waals surface area contributed by atoms with Gasteiger partial charge in [0, 0.05) is 12.6 Å². The highest BCUT2D eigenvalue weighted by Crippen LogP contribution is 2.26. The first-order valence-electron chi connectivity index (χ1n) is 9.81. The van der Waals surface area contributed by atoms with Gasteiger partial charge in [0.1, 0.15) is 11.3 Å². The monoisotopic (exact) mass is 385 g/mol. The number of aromatic nitrogens is 3. The van der Waals surface area contributed by atoms with E-state index in [0.717, 1.165) is 52.1 Å². The lowest BCUT2D eigenvalue weighted by molar-refractivity contribution is 0.0697. The van der Waals surface area contributed by atoms with Crippen LogP contribution in [0.1, 0.15) is 40.7 Å². The maximum absolute atomic E-state index is 11.9. The van der Waals surface area contributed by atoms with Crippen LogP contribution in [-0.2, 0) is 13.0 Å². The Balaban J connectivity index is 1.79. The molecule has 0 amide bonds. The van der Waals surface area contributed by atoms with E-state index < -0.39 is 5.97 Å². The van der Waals surface area contributed by atoms with Gasteiger partial charge in [-0.25, -0.2) is 14.8 Å². The summed E-state index contributed by atoms with van der Waals surface area (Å²) >= 11 is 0. The van der Waals surface area contributed by atoms with Crippen molar-refractivity contribution in [1.82, 2.24) is 14.5 Å². The lowest BCUT2D eigenvalue weighted by Gasteiger charge is -2.12. The first kappa shape index (κ1) is 18.9. The minimum Gasteiger partial charge on any atom is -0.478 e. The summed E-state index contributed by atoms with van der Waals surface area (Å²) in [6.45, 7) is 4.70. The molecule has 4 rings (SSSR count). The average molecular weight is 385 g/mol. The zero-order valence-electron chi connectivity index (χ0n) is 16.6. The molecule has 0 aliphatic heterocycles. The molecule has 0 radical (unpaired) electrons. The predicted octanol–water partition coefficient (Wildman–Crippen LogP) is 5.11. The minimum absolute atomic E-state index is 0.305. The molecule has 1 N–H and O–H groups in total. The van der Waals surface area contributed by atoms with E-state index >= 15 is 0 Å². The maximum atomic E-state index is 11.9. The molecule has 2 heterocycles. The van der Waals surface area contributed by atoms with Crippen molar-refractivity contribution in [2.75, 3.05) is 0 Å². The molecule has 146 valence electrons. The second-order valence-corrected chi connectivity index (χ2v) is 7.22. The van der Waals surface area contributed by atoms with Gasteiger partial charge in [-0.3, -0.25) is 0 Å². The van der Waals surface area contributed by atoms with E-state index in [4.69, 9.17) is 4.98 Å². The summed E-state index contributed by atoms with van der Waals surface area (Å²) in [5.41, 5.74) is 5.69. The van der Waals surface area contributed by atoms with Crippen molar-refractivity contribution in [3.63, 3.8) is 0 Å². The number of hydrogen-bond acceptors (Lipinski definition) is 3. The van der Waals surface area contributed by atoms with E-state index in [1.807, 2.05) is 55.5 Å². The molecule has 0 spiro atoms. The number of fused-ring (bicyclic) bond motifs is 1. The summed E-state index contributed by atoms with van der Waals surface area (Å²) in [5, 5.41) is 9.79. The Morgan fingerprint density at radius 3 is 2.62 bits per heavy atom. The van der Waals surface area contributed by atoms with Gasteiger partial charge in [0.15, 0.2) is 5.65 Å². The van der Waals surface area contributed by atoms with Crippen molar-refractivity contribution in [3.8, 4) is 11.1 Å². The fraction of sp³-hybridized carbons (Fsp3) is 0.208. The number of benzene rings is 2. The molecular weight excluding hydrogens is 362 g/mol. The van der Waals surface area contributed by atoms with Gasteiger partial charge in [0.25, 0.3) is 0 Å². The predicted molar refractivity (Wildman–Crippen MR) is 114 cm³/mol. The molecule has 2 aromatic heterocycles. The van der Waals surface area contributed by atoms with Crippen molar-refractivity contribution in [1.29, 1.82) is 0 Å². The molecule has 0 saturated heterocycles. The fourth-order valence-electron chi connectivity index (χ4n) is 3.68. The Hall–Kier alpha value is -3.47. The Bertz CT molecular complexity index is 1180. The van der Waals surface area contributed by atoms with Crippen LogP contribution in [0.5, 0.6) is 0 Å². The molecule has 0 aliphatic rings. The summed E-state index contributed by atoms with van der Waals surface area (Å²) < 4.78 is 2.11. The Morgan fingerprint density at radius 2 is 1.90 bits per heavy atom. The second-order valence-electron chi connectivity index (χ2n) is 7.22. The second kappa shape index (κ2) is 7.87. The number of carbonyl (C=O) groups is 1. The smallest absolute Gasteiger partial charge is 0.336 e. The standard InChI is InChI=1S/C24H23N3O2/c1-3-7-21-26-22-16(2)12-13-25-23(22)27(21)15-17-10-11-19(20(14-17)24(28)29)18-8-5-4-6-9-18/h4-6,8-14H,3,7,15H2,1-2H3,(H,28,29). The summed E-state index contributed by atoms with van der Waals surface area (Å²) in [6, 6.07) is 17.2. The number of carboxylic acid groups (broad SMARTS) is 1. The Morgan fingerprint density at radius 1 is 1.10 bits per heavy atom. The molecule has 0 fully saturated rings. The van der Waals surface area contributed by atoms with Crippen molar-refractivity contribution in [3.05, 3.63) is 83.3 Å². The summed E-state index contributed by atoms with van der Waals surface area (Å²) in [5.74, 6) is 0.0530. The first-order chi connectivity index (χ1) is 14.1. The van der Waals surface area contributed by atoms with Crippen LogP contribution in [0.4, 0.5) is 0 Å². The van der Waals surface area contributed by atoms with E-state index in [9.17, 15) is 9.90 Å². The third kappa shape index (κ3) is 3.63. The highest BCUT2D eigenvalue weighted by atomic mass is 16.4. The van der Waals surface area contributed by atoms with Gasteiger partial charge in [-0.15, -0.1) is 0 Å². The van der Waals surface area contributed by atoms with Gasteiger partial charge in [-0.2, -0.15) is 0 Å². The number of hydrogen-bond donors (Lipinski definition) is 1. The van der Waals surface area contributed by atoms with Crippen LogP contribution in [0.2, 0.25) is 0 Å². The molecule has 2 aromatic carbocycles. The molecule has 0 atom stereocenters. The quantitative estimate of drug-likeness (QED) is 0.501. The van der Waals surface area contributed by atoms with E-state index in [1.54, 1.807) is 12.3 Å². The van der Waals surface area contributed by atoms with Crippen LogP contribution >= 0.6 is 0 Å². The van der Waals surface area contributed by atoms with Gasteiger partial charge in [0.05, 0.1) is 12.1 Å². The number of pyridine rings is 1. The minimum atomic E-state index is -0.927. The number of rotatable bonds is 6. The first-order valence-corrected chi connectivity index (χ1v) is 9.81. The lowest BCUT2D eigenvalue weighted by Crippen LogP contribution is -2.08. The normalized spacial score (nSPS) is 11.1. The van der Waals surface area contributed by atoms with Crippen LogP contribution in [0, 0.1) is 6.92 Å². The average Bonchev–Trinajstić information content (AvgIpc) is 3.07. The van der Waals surface area contributed by atoms with E-state index in [-0.39, 0.29) is 0 Å². The van der Waals surface area contributed by atoms with Crippen LogP contribution in [0.25, 0.3) is 22.3 Å². The van der Waals surface area contributed by atoms with E-state index in [1.165, 1.54) is 0 Å². The zero-order chi connectivity index (χ0) is 20.4. The van der Waals surface area contributed by atoms with E-state index in [0.29, 0.717) is 12.1 Å². The van der Waals surface area contributed by atoms with Crippen LogP contribution in [0.3, 0.4) is 0 Å². The molecular formula is C24H23N3O2. The lowest BCUT2D eigenvalue weighted by atomic mass is 9.97. The molecule has 5 nitrogen and oxygen atoms in total. The van der Waals surface area contributed by atoms with Gasteiger partial charge in [-0.05, 0) is 47.7 Å². The number of carboxylic acids is 1. The Kier molecular flexibility index (Phi) is 5.12. The third-order valence-electron chi connectivity index (χ3n) is 5.13. The van der Waals surface area contributed by atoms with Crippen molar-refractivity contribution in [2.24, 2.45) is 0 Å². The molecule has 29 heavy (non-hydrogen) atoms. The summed E-state index contributed by atoms with van der Waals surface area (Å²) in [6.07, 6.45) is 3.63. The molecule has 0 bridgehead atoms. The van der Waals surface area contributed by atoms with Crippen LogP contribution in [-0.4, -0.2) is 25.6 Å². The molecule has 0 aliphatic carbocycles. The molecule has 0 unspecified atom stereocenters.